The normalized spacial score (nSPS) is 31.6. The van der Waals surface area contributed by atoms with Crippen LogP contribution in [-0.4, -0.2) is 72.2 Å². The molecule has 0 saturated carbocycles. The van der Waals surface area contributed by atoms with Gasteiger partial charge < -0.3 is 19.5 Å². The maximum atomic E-state index is 11.6. The molecule has 2 aliphatic rings. The number of piperidine rings is 1. The zero-order chi connectivity index (χ0) is 18.7. The second-order valence-electron chi connectivity index (χ2n) is 6.38. The van der Waals surface area contributed by atoms with Gasteiger partial charge in [-0.05, 0) is 6.42 Å². The number of esters is 3. The van der Waals surface area contributed by atoms with Crippen LogP contribution in [-0.2, 0) is 33.4 Å². The van der Waals surface area contributed by atoms with Gasteiger partial charge in [-0.2, -0.15) is 0 Å². The first-order valence-corrected chi connectivity index (χ1v) is 8.22. The lowest BCUT2D eigenvalue weighted by molar-refractivity contribution is -0.187. The van der Waals surface area contributed by atoms with Crippen molar-refractivity contribution in [1.29, 1.82) is 0 Å². The van der Waals surface area contributed by atoms with Gasteiger partial charge >= 0.3 is 17.9 Å². The van der Waals surface area contributed by atoms with Gasteiger partial charge in [-0.25, -0.2) is 0 Å². The van der Waals surface area contributed by atoms with Crippen molar-refractivity contribution in [2.24, 2.45) is 0 Å². The Morgan fingerprint density at radius 1 is 0.880 bits per heavy atom. The number of nitrogens with one attached hydrogen (secondary N) is 1. The van der Waals surface area contributed by atoms with Gasteiger partial charge in [0.2, 0.25) is 5.91 Å². The monoisotopic (exact) mass is 356 g/mol. The van der Waals surface area contributed by atoms with Crippen LogP contribution in [0.1, 0.15) is 34.1 Å². The summed E-state index contributed by atoms with van der Waals surface area (Å²) in [6, 6.07) is -0.958. The first-order chi connectivity index (χ1) is 11.7. The molecule has 9 nitrogen and oxygen atoms in total. The summed E-state index contributed by atoms with van der Waals surface area (Å²) in [5.74, 6) is -1.80. The van der Waals surface area contributed by atoms with Gasteiger partial charge in [0.05, 0.1) is 12.1 Å². The number of ether oxygens (including phenoxy) is 3. The van der Waals surface area contributed by atoms with Crippen molar-refractivity contribution in [2.45, 2.75) is 64.5 Å². The topological polar surface area (TPSA) is 111 Å². The third-order valence-electron chi connectivity index (χ3n) is 4.30. The molecule has 1 amide bonds. The summed E-state index contributed by atoms with van der Waals surface area (Å²) in [7, 11) is 0. The van der Waals surface area contributed by atoms with E-state index in [0.29, 0.717) is 19.5 Å². The highest BCUT2D eigenvalue weighted by Crippen LogP contribution is 2.33. The molecule has 1 unspecified atom stereocenters. The minimum Gasteiger partial charge on any atom is -0.461 e. The molecule has 1 N–H and O–H groups in total. The standard InChI is InChI=1S/C16H24N2O7/c1-8(19)17-12-7-18-6-5-13(23-9(2)20)14(18)16(25-11(4)22)15(12)24-10(3)21/h12-16H,5-7H2,1-4H3,(H,17,19)/t12-,13-,14?,15+,16+/m0/s1. The number of fused-ring (bicyclic) bond motifs is 1. The van der Waals surface area contributed by atoms with Gasteiger partial charge in [0.1, 0.15) is 6.10 Å². The van der Waals surface area contributed by atoms with E-state index in [9.17, 15) is 19.2 Å². The zero-order valence-electron chi connectivity index (χ0n) is 14.8. The summed E-state index contributed by atoms with van der Waals surface area (Å²) in [5.41, 5.74) is 0. The summed E-state index contributed by atoms with van der Waals surface area (Å²) < 4.78 is 16.2. The highest BCUT2D eigenvalue weighted by molar-refractivity contribution is 5.73. The van der Waals surface area contributed by atoms with Crippen LogP contribution in [0.3, 0.4) is 0 Å². The molecule has 0 aromatic heterocycles. The van der Waals surface area contributed by atoms with E-state index in [4.69, 9.17) is 14.2 Å². The third-order valence-corrected chi connectivity index (χ3v) is 4.30. The molecular formula is C16H24N2O7. The van der Waals surface area contributed by atoms with Gasteiger partial charge in [-0.15, -0.1) is 0 Å². The Morgan fingerprint density at radius 2 is 1.44 bits per heavy atom. The van der Waals surface area contributed by atoms with E-state index in [1.165, 1.54) is 27.7 Å². The van der Waals surface area contributed by atoms with E-state index >= 15 is 0 Å². The Bertz CT molecular complexity index is 565. The smallest absolute Gasteiger partial charge is 0.303 e. The quantitative estimate of drug-likeness (QED) is 0.524. The number of amides is 1. The molecule has 0 aromatic rings. The molecule has 2 saturated heterocycles. The molecule has 2 fully saturated rings. The van der Waals surface area contributed by atoms with Crippen LogP contribution in [0.2, 0.25) is 0 Å². The van der Waals surface area contributed by atoms with Gasteiger partial charge in [0.25, 0.3) is 0 Å². The largest absolute Gasteiger partial charge is 0.461 e. The fourth-order valence-electron chi connectivity index (χ4n) is 3.66. The maximum Gasteiger partial charge on any atom is 0.303 e. The molecule has 2 aliphatic heterocycles. The predicted molar refractivity (Wildman–Crippen MR) is 84.2 cm³/mol. The number of rotatable bonds is 4. The lowest BCUT2D eigenvalue weighted by Crippen LogP contribution is -2.67. The Labute approximate surface area is 145 Å². The third kappa shape index (κ3) is 4.68. The first kappa shape index (κ1) is 19.2. The van der Waals surface area contributed by atoms with Crippen LogP contribution in [0, 0.1) is 0 Å². The first-order valence-electron chi connectivity index (χ1n) is 8.22. The van der Waals surface area contributed by atoms with Gasteiger partial charge in [0.15, 0.2) is 12.2 Å². The Balaban J connectivity index is 2.34. The predicted octanol–water partition coefficient (Wildman–Crippen LogP) is -0.626. The van der Waals surface area contributed by atoms with Crippen LogP contribution in [0.15, 0.2) is 0 Å². The van der Waals surface area contributed by atoms with Crippen molar-refractivity contribution in [1.82, 2.24) is 10.2 Å². The van der Waals surface area contributed by atoms with Crippen LogP contribution in [0.4, 0.5) is 0 Å². The molecule has 2 rings (SSSR count). The van der Waals surface area contributed by atoms with E-state index in [1.54, 1.807) is 0 Å². The SMILES string of the molecule is CC(=O)N[C@H]1CN2CC[C@H](OC(C)=O)C2[C@@H](OC(C)=O)[C@@H]1OC(C)=O. The van der Waals surface area contributed by atoms with Gasteiger partial charge in [0, 0.05) is 40.8 Å². The summed E-state index contributed by atoms with van der Waals surface area (Å²) >= 11 is 0. The molecule has 5 atom stereocenters. The fourth-order valence-corrected chi connectivity index (χ4v) is 3.66. The van der Waals surface area contributed by atoms with E-state index in [0.717, 1.165) is 0 Å². The average Bonchev–Trinajstić information content (AvgIpc) is 2.82. The molecule has 0 bridgehead atoms. The van der Waals surface area contributed by atoms with Crippen molar-refractivity contribution in [3.05, 3.63) is 0 Å². The average molecular weight is 356 g/mol. The van der Waals surface area contributed by atoms with Crippen LogP contribution < -0.4 is 5.32 Å². The second kappa shape index (κ2) is 7.81. The summed E-state index contributed by atoms with van der Waals surface area (Å²) in [6.45, 7) is 6.20. The molecular weight excluding hydrogens is 332 g/mol. The Hall–Kier alpha value is -2.16. The molecule has 0 spiro atoms. The van der Waals surface area contributed by atoms with Crippen LogP contribution in [0.5, 0.6) is 0 Å². The molecule has 25 heavy (non-hydrogen) atoms. The lowest BCUT2D eigenvalue weighted by atomic mass is 9.90. The Kier molecular flexibility index (Phi) is 5.99. The maximum absolute atomic E-state index is 11.6. The summed E-state index contributed by atoms with van der Waals surface area (Å²) in [6.07, 6.45) is -1.61. The summed E-state index contributed by atoms with van der Waals surface area (Å²) in [4.78, 5) is 48.1. The van der Waals surface area contributed by atoms with Crippen molar-refractivity contribution in [3.8, 4) is 0 Å². The van der Waals surface area contributed by atoms with Crippen LogP contribution >= 0.6 is 0 Å². The summed E-state index contributed by atoms with van der Waals surface area (Å²) in [5, 5.41) is 2.75. The van der Waals surface area contributed by atoms with E-state index in [1.807, 2.05) is 4.90 Å². The fraction of sp³-hybridized carbons (Fsp3) is 0.750. The number of carbonyl (C=O) groups is 4. The molecule has 9 heteroatoms. The lowest BCUT2D eigenvalue weighted by Gasteiger charge is -2.46. The van der Waals surface area contributed by atoms with Crippen molar-refractivity contribution in [2.75, 3.05) is 13.1 Å². The number of hydrogen-bond donors (Lipinski definition) is 1. The van der Waals surface area contributed by atoms with E-state index in [-0.39, 0.29) is 5.91 Å². The van der Waals surface area contributed by atoms with Crippen molar-refractivity contribution in [3.63, 3.8) is 0 Å². The van der Waals surface area contributed by atoms with Gasteiger partial charge in [-0.3, -0.25) is 24.1 Å². The molecule has 0 aliphatic carbocycles. The van der Waals surface area contributed by atoms with Crippen LogP contribution in [0.25, 0.3) is 0 Å². The molecule has 140 valence electrons. The number of nitrogens with zero attached hydrogens (tertiary/aromatic N) is 1. The highest BCUT2D eigenvalue weighted by atomic mass is 16.6. The van der Waals surface area contributed by atoms with E-state index in [2.05, 4.69) is 5.32 Å². The molecule has 0 aromatic carbocycles. The van der Waals surface area contributed by atoms with Crippen molar-refractivity contribution >= 4 is 23.8 Å². The minimum absolute atomic E-state index is 0.280. The van der Waals surface area contributed by atoms with Crippen molar-refractivity contribution < 1.29 is 33.4 Å². The molecule has 0 radical (unpaired) electrons. The van der Waals surface area contributed by atoms with Gasteiger partial charge in [-0.1, -0.05) is 0 Å². The van der Waals surface area contributed by atoms with E-state index < -0.39 is 48.3 Å². The second-order valence-corrected chi connectivity index (χ2v) is 6.38. The minimum atomic E-state index is -0.859. The zero-order valence-corrected chi connectivity index (χ0v) is 14.8. The highest BCUT2D eigenvalue weighted by Gasteiger charge is 2.54. The number of hydrogen-bond acceptors (Lipinski definition) is 8. The molecule has 2 heterocycles. The Morgan fingerprint density at radius 3 is 1.96 bits per heavy atom. The number of carbonyl (C=O) groups excluding carboxylic acids is 4.